The first-order valence-corrected chi connectivity index (χ1v) is 15.9. The van der Waals surface area contributed by atoms with Crippen LogP contribution in [0.3, 0.4) is 0 Å². The van der Waals surface area contributed by atoms with Gasteiger partial charge in [-0.15, -0.1) is 0 Å². The fourth-order valence-electron chi connectivity index (χ4n) is 6.51. The summed E-state index contributed by atoms with van der Waals surface area (Å²) < 4.78 is 11.0. The molecule has 0 N–H and O–H groups in total. The zero-order chi connectivity index (χ0) is 31.9. The molecule has 0 saturated heterocycles. The van der Waals surface area contributed by atoms with Crippen molar-refractivity contribution in [3.63, 3.8) is 0 Å². The van der Waals surface area contributed by atoms with Gasteiger partial charge in [0.25, 0.3) is 0 Å². The van der Waals surface area contributed by atoms with Crippen LogP contribution in [-0.4, -0.2) is 9.97 Å². The second-order valence-corrected chi connectivity index (χ2v) is 11.9. The van der Waals surface area contributed by atoms with E-state index in [1.165, 1.54) is 22.3 Å². The predicted molar refractivity (Wildman–Crippen MR) is 194 cm³/mol. The van der Waals surface area contributed by atoms with E-state index in [-0.39, 0.29) is 0 Å². The summed E-state index contributed by atoms with van der Waals surface area (Å²) in [5, 5.41) is 2.06. The van der Waals surface area contributed by atoms with Gasteiger partial charge in [-0.3, -0.25) is 0 Å². The summed E-state index contributed by atoms with van der Waals surface area (Å²) in [5.74, 6) is 0. The van der Waals surface area contributed by atoms with Gasteiger partial charge < -0.3 is 8.83 Å². The second-order valence-electron chi connectivity index (χ2n) is 11.9. The molecule has 0 spiro atoms. The van der Waals surface area contributed by atoms with Gasteiger partial charge in [0.1, 0.15) is 0 Å². The number of hydrogen-bond donors (Lipinski definition) is 0. The molecule has 5 aromatic carbocycles. The fourth-order valence-corrected chi connectivity index (χ4v) is 6.51. The zero-order valence-corrected chi connectivity index (χ0v) is 25.9. The van der Waals surface area contributed by atoms with Crippen LogP contribution in [0.15, 0.2) is 179 Å². The molecule has 226 valence electrons. The van der Waals surface area contributed by atoms with E-state index in [9.17, 15) is 0 Å². The van der Waals surface area contributed by atoms with Gasteiger partial charge in [0, 0.05) is 21.9 Å². The standard InChI is InChI=1S/C44H28N2O2/c1-3-7-29(8-4-1)31-11-15-33(16-12-31)39-25-41(35-21-23-47-27-35)45-43-37(39)19-20-38-40(26-42(46-44(38)43)36-22-24-48-28-36)34-17-13-32(14-18-34)30-9-5-2-6-10-30/h1-28H. The van der Waals surface area contributed by atoms with E-state index < -0.39 is 0 Å². The number of pyridine rings is 2. The van der Waals surface area contributed by atoms with Crippen LogP contribution in [0.4, 0.5) is 0 Å². The van der Waals surface area contributed by atoms with Crippen LogP contribution in [-0.2, 0) is 0 Å². The molecule has 0 bridgehead atoms. The zero-order valence-electron chi connectivity index (χ0n) is 25.9. The van der Waals surface area contributed by atoms with Crippen LogP contribution in [0.1, 0.15) is 0 Å². The van der Waals surface area contributed by atoms with Crippen molar-refractivity contribution in [2.45, 2.75) is 0 Å². The molecule has 0 unspecified atom stereocenters. The van der Waals surface area contributed by atoms with Crippen molar-refractivity contribution < 1.29 is 8.83 Å². The summed E-state index contributed by atoms with van der Waals surface area (Å²) in [7, 11) is 0. The Morgan fingerprint density at radius 1 is 0.333 bits per heavy atom. The van der Waals surface area contributed by atoms with E-state index >= 15 is 0 Å². The predicted octanol–water partition coefficient (Wildman–Crippen LogP) is 12.0. The Hall–Kier alpha value is -6.52. The normalized spacial score (nSPS) is 11.3. The Kier molecular flexibility index (Phi) is 6.76. The SMILES string of the molecule is c1ccc(-c2ccc(-c3cc(-c4ccoc4)nc4c3ccc3c(-c5ccc(-c6ccccc6)cc5)cc(-c5ccoc5)nc34)cc2)cc1. The Bertz CT molecular complexity index is 2320. The van der Waals surface area contributed by atoms with Gasteiger partial charge in [-0.2, -0.15) is 0 Å². The highest BCUT2D eigenvalue weighted by Crippen LogP contribution is 2.40. The quantitative estimate of drug-likeness (QED) is 0.174. The monoisotopic (exact) mass is 616 g/mol. The molecule has 4 heteroatoms. The van der Waals surface area contributed by atoms with Crippen molar-refractivity contribution in [3.05, 3.63) is 171 Å². The van der Waals surface area contributed by atoms with Crippen LogP contribution in [0.25, 0.3) is 88.8 Å². The van der Waals surface area contributed by atoms with Crippen molar-refractivity contribution >= 4 is 21.8 Å². The average molecular weight is 617 g/mol. The van der Waals surface area contributed by atoms with Crippen molar-refractivity contribution in [1.29, 1.82) is 0 Å². The maximum absolute atomic E-state index is 5.50. The van der Waals surface area contributed by atoms with E-state index in [0.717, 1.165) is 66.6 Å². The minimum atomic E-state index is 0.829. The summed E-state index contributed by atoms with van der Waals surface area (Å²) in [4.78, 5) is 10.5. The highest BCUT2D eigenvalue weighted by Gasteiger charge is 2.18. The van der Waals surface area contributed by atoms with Crippen LogP contribution in [0.5, 0.6) is 0 Å². The lowest BCUT2D eigenvalue weighted by molar-refractivity contribution is 0.568. The van der Waals surface area contributed by atoms with E-state index in [2.05, 4.69) is 121 Å². The maximum Gasteiger partial charge on any atom is 0.0996 e. The topological polar surface area (TPSA) is 52.1 Å². The van der Waals surface area contributed by atoms with E-state index in [4.69, 9.17) is 18.8 Å². The highest BCUT2D eigenvalue weighted by atomic mass is 16.3. The van der Waals surface area contributed by atoms with Gasteiger partial charge in [-0.25, -0.2) is 9.97 Å². The largest absolute Gasteiger partial charge is 0.472 e. The van der Waals surface area contributed by atoms with E-state index in [0.29, 0.717) is 0 Å². The number of nitrogens with zero attached hydrogens (tertiary/aromatic N) is 2. The summed E-state index contributed by atoms with van der Waals surface area (Å²) in [5.41, 5.74) is 14.3. The summed E-state index contributed by atoms with van der Waals surface area (Å²) in [6.07, 6.45) is 6.85. The van der Waals surface area contributed by atoms with Gasteiger partial charge in [0.05, 0.1) is 47.5 Å². The molecule has 0 amide bonds. The Labute approximate surface area is 277 Å². The number of rotatable bonds is 6. The lowest BCUT2D eigenvalue weighted by atomic mass is 9.93. The molecule has 0 radical (unpaired) electrons. The molecule has 4 nitrogen and oxygen atoms in total. The number of hydrogen-bond acceptors (Lipinski definition) is 4. The van der Waals surface area contributed by atoms with Gasteiger partial charge in [-0.1, -0.05) is 121 Å². The molecule has 0 fully saturated rings. The third-order valence-corrected chi connectivity index (χ3v) is 9.00. The van der Waals surface area contributed by atoms with Crippen LogP contribution >= 0.6 is 0 Å². The first-order chi connectivity index (χ1) is 23.8. The molecule has 9 aromatic rings. The van der Waals surface area contributed by atoms with E-state index in [1.54, 1.807) is 25.1 Å². The van der Waals surface area contributed by atoms with Crippen molar-refractivity contribution in [2.75, 3.05) is 0 Å². The molecule has 0 aliphatic rings. The molecule has 48 heavy (non-hydrogen) atoms. The molecule has 4 heterocycles. The number of benzene rings is 5. The molecule has 0 saturated carbocycles. The summed E-state index contributed by atoms with van der Waals surface area (Å²) in [6, 6.07) is 51.0. The first kappa shape index (κ1) is 27.8. The van der Waals surface area contributed by atoms with Gasteiger partial charge in [0.2, 0.25) is 0 Å². The van der Waals surface area contributed by atoms with Crippen molar-refractivity contribution in [2.24, 2.45) is 0 Å². The second kappa shape index (κ2) is 11.7. The fraction of sp³-hybridized carbons (Fsp3) is 0. The molecule has 0 aliphatic carbocycles. The third-order valence-electron chi connectivity index (χ3n) is 9.00. The van der Waals surface area contributed by atoms with Gasteiger partial charge in [-0.05, 0) is 68.8 Å². The molecule has 0 aliphatic heterocycles. The lowest BCUT2D eigenvalue weighted by Gasteiger charge is -2.15. The molecular formula is C44H28N2O2. The summed E-state index contributed by atoms with van der Waals surface area (Å²) in [6.45, 7) is 0. The van der Waals surface area contributed by atoms with Gasteiger partial charge in [0.15, 0.2) is 0 Å². The number of aromatic nitrogens is 2. The van der Waals surface area contributed by atoms with Crippen molar-refractivity contribution in [1.82, 2.24) is 9.97 Å². The Morgan fingerprint density at radius 3 is 1.08 bits per heavy atom. The van der Waals surface area contributed by atoms with Crippen LogP contribution in [0.2, 0.25) is 0 Å². The third kappa shape index (κ3) is 4.97. The minimum absolute atomic E-state index is 0.829. The smallest absolute Gasteiger partial charge is 0.0996 e. The molecule has 0 atom stereocenters. The molecule has 4 aromatic heterocycles. The van der Waals surface area contributed by atoms with Crippen LogP contribution in [0, 0.1) is 0 Å². The van der Waals surface area contributed by atoms with Crippen LogP contribution < -0.4 is 0 Å². The van der Waals surface area contributed by atoms with Crippen molar-refractivity contribution in [3.8, 4) is 67.0 Å². The number of fused-ring (bicyclic) bond motifs is 3. The minimum Gasteiger partial charge on any atom is -0.472 e. The highest BCUT2D eigenvalue weighted by molar-refractivity contribution is 6.13. The average Bonchev–Trinajstić information content (AvgIpc) is 3.91. The Morgan fingerprint density at radius 2 is 0.708 bits per heavy atom. The maximum atomic E-state index is 5.50. The number of furan rings is 2. The molecule has 9 rings (SSSR count). The molecular weight excluding hydrogens is 588 g/mol. The van der Waals surface area contributed by atoms with Gasteiger partial charge >= 0.3 is 0 Å². The lowest BCUT2D eigenvalue weighted by Crippen LogP contribution is -1.95. The van der Waals surface area contributed by atoms with E-state index in [1.807, 2.05) is 24.3 Å². The Balaban J connectivity index is 1.27. The first-order valence-electron chi connectivity index (χ1n) is 15.9. The summed E-state index contributed by atoms with van der Waals surface area (Å²) >= 11 is 0.